The van der Waals surface area contributed by atoms with Crippen molar-refractivity contribution < 1.29 is 76.7 Å². The summed E-state index contributed by atoms with van der Waals surface area (Å²) < 4.78 is 35.1. The summed E-state index contributed by atoms with van der Waals surface area (Å²) in [6.45, 7) is 9.22. The number of nitrogens with two attached hydrogens (primary N) is 1. The van der Waals surface area contributed by atoms with Gasteiger partial charge < -0.3 is 65.4 Å². The van der Waals surface area contributed by atoms with Crippen LogP contribution in [-0.4, -0.2) is 153 Å². The normalized spacial score (nSPS) is 25.0. The molecule has 2 aromatic rings. The first-order valence-electron chi connectivity index (χ1n) is 27.8. The van der Waals surface area contributed by atoms with Crippen molar-refractivity contribution in [1.29, 1.82) is 0 Å². The molecule has 0 spiro atoms. The van der Waals surface area contributed by atoms with Crippen LogP contribution in [0.1, 0.15) is 98.0 Å². The number of halogens is 1. The first kappa shape index (κ1) is 65.4. The lowest BCUT2D eigenvalue weighted by atomic mass is 9.83. The number of epoxide rings is 1. The lowest BCUT2D eigenvalue weighted by Crippen LogP contribution is -2.63. The van der Waals surface area contributed by atoms with Crippen molar-refractivity contribution in [3.8, 4) is 11.5 Å². The Morgan fingerprint density at radius 2 is 1.64 bits per heavy atom. The Hall–Kier alpha value is -7.74. The van der Waals surface area contributed by atoms with Crippen molar-refractivity contribution in [3.05, 3.63) is 76.9 Å². The molecule has 84 heavy (non-hydrogen) atoms. The van der Waals surface area contributed by atoms with E-state index in [1.807, 2.05) is 13.0 Å². The third kappa shape index (κ3) is 17.0. The second-order valence-corrected chi connectivity index (χ2v) is 22.2. The molecule has 4 bridgehead atoms. The molecule has 4 aliphatic heterocycles. The average Bonchev–Trinajstić information content (AvgIpc) is 1.71. The first-order chi connectivity index (χ1) is 39.8. The number of primary amides is 1. The number of carbonyl (C=O) groups excluding carboxylic acids is 9. The molecule has 26 heteroatoms. The summed E-state index contributed by atoms with van der Waals surface area (Å²) in [5.41, 5.74) is 4.18. The van der Waals surface area contributed by atoms with Crippen LogP contribution in [0.15, 0.2) is 66.3 Å². The Balaban J connectivity index is 1.18. The van der Waals surface area contributed by atoms with E-state index in [0.717, 1.165) is 16.0 Å². The number of nitrogens with one attached hydrogen (secondary N) is 6. The maximum Gasteiger partial charge on any atom is 0.412 e. The van der Waals surface area contributed by atoms with Gasteiger partial charge in [-0.25, -0.2) is 14.4 Å². The van der Waals surface area contributed by atoms with Gasteiger partial charge >= 0.3 is 18.2 Å². The second-order valence-electron chi connectivity index (χ2n) is 21.8. The number of rotatable bonds is 22. The van der Waals surface area contributed by atoms with Crippen molar-refractivity contribution in [2.24, 2.45) is 17.6 Å². The summed E-state index contributed by atoms with van der Waals surface area (Å²) >= 11 is 6.84. The fourth-order valence-corrected chi connectivity index (χ4v) is 10.7. The molecule has 2 aromatic carbocycles. The van der Waals surface area contributed by atoms with Crippen molar-refractivity contribution in [2.45, 2.75) is 147 Å². The van der Waals surface area contributed by atoms with Crippen molar-refractivity contribution in [2.75, 3.05) is 57.0 Å². The van der Waals surface area contributed by atoms with Crippen molar-refractivity contribution in [3.63, 3.8) is 0 Å². The number of allylic oxidation sites excluding steroid dienone is 3. The van der Waals surface area contributed by atoms with E-state index in [2.05, 4.69) is 31.9 Å². The molecule has 0 aromatic heterocycles. The van der Waals surface area contributed by atoms with Gasteiger partial charge in [-0.15, -0.1) is 0 Å². The standard InChI is InChI=1S/C58H78ClN9O16/c1-32(2)50(65-45(69)19-11-10-14-25-68-46(70)22-23-47(68)71)53(74)63-38(17-12-13-24-61-54(60)75)52(73)62-36-20-21-37(40(29-36)79-7)64-55(76)83-44-30-48(72)67(6)39-27-35(28-41(80-8)49(39)59)26-33(3)16-15-18-43(81-9)58(78)31-42(82-56(77)66-58)34(4)51-57(44,5)84-51/h15-16,18,20-23,27-29,32,34,38,42-44,50-51,78H,10-14,17,19,24-26,30-31H2,1-9H3,(H,62,73)(H,63,74)(H,64,76)(H,65,69)(H,66,77)(H3,60,61,75)/b18-15+,33-16+/t34-,38+,42+,43-,44+,50+,51+,57+,58+/m1/s1. The number of amides is 10. The second kappa shape index (κ2) is 29.2. The molecule has 6 rings (SSSR count). The van der Waals surface area contributed by atoms with Gasteiger partial charge in [0.05, 0.1) is 38.1 Å². The molecule has 4 heterocycles. The lowest BCUT2D eigenvalue weighted by molar-refractivity contribution is -0.142. The highest BCUT2D eigenvalue weighted by molar-refractivity contribution is 6.35. The number of imide groups is 1. The molecule has 0 unspecified atom stereocenters. The van der Waals surface area contributed by atoms with E-state index in [1.165, 1.54) is 63.6 Å². The van der Waals surface area contributed by atoms with Crippen LogP contribution >= 0.6 is 11.6 Å². The lowest BCUT2D eigenvalue weighted by Gasteiger charge is -2.42. The van der Waals surface area contributed by atoms with Crippen LogP contribution < -0.4 is 52.0 Å². The molecule has 4 aliphatic rings. The van der Waals surface area contributed by atoms with Crippen LogP contribution in [0.5, 0.6) is 11.5 Å². The molecule has 0 radical (unpaired) electrons. The number of anilines is 3. The van der Waals surface area contributed by atoms with Gasteiger partial charge in [0.2, 0.25) is 23.6 Å². The van der Waals surface area contributed by atoms with E-state index < -0.39 is 108 Å². The Labute approximate surface area is 493 Å². The predicted octanol–water partition coefficient (Wildman–Crippen LogP) is 5.27. The molecule has 9 atom stereocenters. The number of hydrogen-bond donors (Lipinski definition) is 8. The third-order valence-corrected chi connectivity index (χ3v) is 15.6. The summed E-state index contributed by atoms with van der Waals surface area (Å²) in [5.74, 6) is -3.60. The summed E-state index contributed by atoms with van der Waals surface area (Å²) in [6.07, 6.45) is 3.88. The molecule has 10 amide bonds. The topological polar surface area (TPSA) is 337 Å². The highest BCUT2D eigenvalue weighted by Gasteiger charge is 2.64. The summed E-state index contributed by atoms with van der Waals surface area (Å²) in [4.78, 5) is 120. The highest BCUT2D eigenvalue weighted by Crippen LogP contribution is 2.49. The molecular formula is C58H78ClN9O16. The van der Waals surface area contributed by atoms with Gasteiger partial charge in [0.25, 0.3) is 11.8 Å². The summed E-state index contributed by atoms with van der Waals surface area (Å²) in [5, 5.41) is 28.1. The molecule has 2 saturated heterocycles. The van der Waals surface area contributed by atoms with Gasteiger partial charge in [0.15, 0.2) is 5.72 Å². The monoisotopic (exact) mass is 1190 g/mol. The Morgan fingerprint density at radius 1 is 0.929 bits per heavy atom. The number of unbranched alkanes of at least 4 members (excludes halogenated alkanes) is 3. The molecule has 2 fully saturated rings. The third-order valence-electron chi connectivity index (χ3n) is 15.2. The minimum atomic E-state index is -1.91. The highest BCUT2D eigenvalue weighted by atomic mass is 35.5. The number of hydrogen-bond acceptors (Lipinski definition) is 16. The molecule has 458 valence electrons. The number of benzene rings is 2. The van der Waals surface area contributed by atoms with Gasteiger partial charge in [-0.05, 0) is 88.1 Å². The van der Waals surface area contributed by atoms with E-state index in [-0.39, 0.29) is 66.3 Å². The van der Waals surface area contributed by atoms with Crippen molar-refractivity contribution >= 4 is 82.3 Å². The molecule has 9 N–H and O–H groups in total. The SMILES string of the molecule is COc1cc(NC(=O)[C@H](CCCCNC(N)=O)NC(=O)[C@@H](NC(=O)CCCCCN2C(=O)C=CC2=O)C(C)C)ccc1NC(=O)O[C@H]1CC(=O)N(C)c2cc(cc(OC)c2Cl)C/C(C)=C/C=C/[C@@H](OC)[C@@]2(O)C[C@H](OC(=O)N2)[C@@H](C)[C@@H]2O[C@@]12C. The van der Waals surface area contributed by atoms with E-state index in [9.17, 15) is 48.3 Å². The van der Waals surface area contributed by atoms with Crippen LogP contribution in [0.2, 0.25) is 5.02 Å². The van der Waals surface area contributed by atoms with E-state index in [0.29, 0.717) is 50.0 Å². The van der Waals surface area contributed by atoms with Crippen molar-refractivity contribution in [1.82, 2.24) is 26.2 Å². The molecule has 0 saturated carbocycles. The van der Waals surface area contributed by atoms with Crippen LogP contribution in [0.4, 0.5) is 31.4 Å². The summed E-state index contributed by atoms with van der Waals surface area (Å²) in [7, 11) is 5.71. The number of aliphatic hydroxyl groups is 1. The fourth-order valence-electron chi connectivity index (χ4n) is 10.4. The van der Waals surface area contributed by atoms with Gasteiger partial charge in [-0.2, -0.15) is 0 Å². The van der Waals surface area contributed by atoms with Gasteiger partial charge in [0, 0.05) is 69.9 Å². The predicted molar refractivity (Wildman–Crippen MR) is 309 cm³/mol. The largest absolute Gasteiger partial charge is 0.495 e. The van der Waals surface area contributed by atoms with Crippen LogP contribution in [0.25, 0.3) is 0 Å². The average molecular weight is 1190 g/mol. The van der Waals surface area contributed by atoms with Crippen LogP contribution in [0.3, 0.4) is 0 Å². The van der Waals surface area contributed by atoms with E-state index >= 15 is 0 Å². The van der Waals surface area contributed by atoms with E-state index in [4.69, 9.17) is 45.8 Å². The van der Waals surface area contributed by atoms with Gasteiger partial charge in [-0.1, -0.05) is 62.6 Å². The van der Waals surface area contributed by atoms with E-state index in [1.54, 1.807) is 52.0 Å². The maximum absolute atomic E-state index is 14.5. The molecule has 0 aliphatic carbocycles. The van der Waals surface area contributed by atoms with Gasteiger partial charge in [0.1, 0.15) is 52.5 Å². The van der Waals surface area contributed by atoms with Gasteiger partial charge in [-0.3, -0.25) is 44.3 Å². The molecule has 25 nitrogen and oxygen atoms in total. The quantitative estimate of drug-likeness (QED) is 0.0423. The maximum atomic E-state index is 14.5. The number of fused-ring (bicyclic) bond motifs is 5. The Kier molecular flexibility index (Phi) is 22.7. The zero-order valence-electron chi connectivity index (χ0n) is 48.8. The zero-order chi connectivity index (χ0) is 61.6. The van der Waals surface area contributed by atoms with Crippen LogP contribution in [-0.2, 0) is 54.1 Å². The fraction of sp³-hybridized carbons (Fsp3) is 0.534. The number of ether oxygens (including phenoxy) is 6. The number of carbonyl (C=O) groups is 9. The zero-order valence-corrected chi connectivity index (χ0v) is 49.6. The van der Waals surface area contributed by atoms with Crippen LogP contribution in [0, 0.1) is 11.8 Å². The number of methoxy groups -OCH3 is 3. The number of nitrogens with zero attached hydrogens (tertiary/aromatic N) is 2. The first-order valence-corrected chi connectivity index (χ1v) is 28.2. The number of alkyl carbamates (subject to hydrolysis) is 1. The number of urea groups is 1. The minimum absolute atomic E-state index is 0.0650. The minimum Gasteiger partial charge on any atom is -0.495 e. The molecular weight excluding hydrogens is 1110 g/mol. The summed E-state index contributed by atoms with van der Waals surface area (Å²) in [6, 6.07) is 4.94. The Morgan fingerprint density at radius 3 is 2.31 bits per heavy atom. The smallest absolute Gasteiger partial charge is 0.412 e. The Bertz CT molecular complexity index is 2880.